The maximum absolute atomic E-state index is 14.3. The van der Waals surface area contributed by atoms with Crippen LogP contribution in [0.2, 0.25) is 0 Å². The number of alkyl halides is 2. The Morgan fingerprint density at radius 1 is 1.03 bits per heavy atom. The van der Waals surface area contributed by atoms with Crippen molar-refractivity contribution in [2.45, 2.75) is 17.0 Å². The molecule has 1 amide bonds. The Hall–Kier alpha value is -4.25. The molecule has 0 aliphatic carbocycles. The van der Waals surface area contributed by atoms with Gasteiger partial charge >= 0.3 is 12.0 Å². The SMILES string of the molecule is Cn1ccnc1-n1c(SCc2cccc(NC(=O)C(F)(F)Oc3ccccc3)n2)nc2ccccc21. The predicted molar refractivity (Wildman–Crippen MR) is 132 cm³/mol. The molecule has 0 saturated carbocycles. The van der Waals surface area contributed by atoms with E-state index in [0.717, 1.165) is 11.0 Å². The molecule has 3 aromatic heterocycles. The molecule has 8 nitrogen and oxygen atoms in total. The van der Waals surface area contributed by atoms with Gasteiger partial charge in [-0.3, -0.25) is 9.36 Å². The standard InChI is InChI=1S/C25H20F2N6O2S/c1-32-15-14-28-23(32)33-20-12-6-5-11-19(20)30-24(33)36-16-17-8-7-13-21(29-17)31-22(34)25(26,27)35-18-9-3-2-4-10-18/h2-15H,16H2,1H3,(H,29,31,34). The van der Waals surface area contributed by atoms with Gasteiger partial charge in [0.1, 0.15) is 11.6 Å². The lowest BCUT2D eigenvalue weighted by Gasteiger charge is -2.17. The number of hydrogen-bond acceptors (Lipinski definition) is 6. The summed E-state index contributed by atoms with van der Waals surface area (Å²) >= 11 is 1.42. The third-order valence-electron chi connectivity index (χ3n) is 5.18. The highest BCUT2D eigenvalue weighted by Gasteiger charge is 2.42. The number of fused-ring (bicyclic) bond motifs is 1. The number of carbonyl (C=O) groups is 1. The summed E-state index contributed by atoms with van der Waals surface area (Å²) in [4.78, 5) is 25.7. The lowest BCUT2D eigenvalue weighted by molar-refractivity contribution is -0.187. The van der Waals surface area contributed by atoms with Gasteiger partial charge in [0.25, 0.3) is 0 Å². The number of amides is 1. The summed E-state index contributed by atoms with van der Waals surface area (Å²) in [6, 6.07) is 20.0. The lowest BCUT2D eigenvalue weighted by Crippen LogP contribution is -2.40. The first-order chi connectivity index (χ1) is 17.4. The van der Waals surface area contributed by atoms with E-state index in [4.69, 9.17) is 4.98 Å². The normalized spacial score (nSPS) is 11.5. The average Bonchev–Trinajstić information content (AvgIpc) is 3.45. The van der Waals surface area contributed by atoms with E-state index in [1.54, 1.807) is 24.4 Å². The summed E-state index contributed by atoms with van der Waals surface area (Å²) in [5.74, 6) is -0.645. The van der Waals surface area contributed by atoms with E-state index in [2.05, 4.69) is 20.0 Å². The van der Waals surface area contributed by atoms with Crippen LogP contribution < -0.4 is 10.1 Å². The summed E-state index contributed by atoms with van der Waals surface area (Å²) in [6.07, 6.45) is -0.506. The van der Waals surface area contributed by atoms with Gasteiger partial charge in [-0.2, -0.15) is 8.78 Å². The van der Waals surface area contributed by atoms with Gasteiger partial charge in [-0.25, -0.2) is 15.0 Å². The smallest absolute Gasteiger partial charge is 0.425 e. The molecule has 0 atom stereocenters. The Morgan fingerprint density at radius 3 is 2.58 bits per heavy atom. The molecule has 0 radical (unpaired) electrons. The number of aromatic nitrogens is 5. The van der Waals surface area contributed by atoms with Gasteiger partial charge in [0.05, 0.1) is 16.7 Å². The van der Waals surface area contributed by atoms with Crippen molar-refractivity contribution in [1.29, 1.82) is 0 Å². The van der Waals surface area contributed by atoms with Crippen LogP contribution in [0.3, 0.4) is 0 Å². The Bertz CT molecular complexity index is 1520. The molecule has 2 aromatic carbocycles. The minimum atomic E-state index is -4.07. The third-order valence-corrected chi connectivity index (χ3v) is 6.15. The van der Waals surface area contributed by atoms with Crippen molar-refractivity contribution in [2.75, 3.05) is 5.32 Å². The van der Waals surface area contributed by atoms with E-state index < -0.39 is 12.0 Å². The minimum Gasteiger partial charge on any atom is -0.425 e. The third kappa shape index (κ3) is 4.91. The molecule has 0 aliphatic heterocycles. The van der Waals surface area contributed by atoms with Crippen LogP contribution in [0.15, 0.2) is 90.3 Å². The summed E-state index contributed by atoms with van der Waals surface area (Å²) in [5.41, 5.74) is 2.30. The molecule has 5 rings (SSSR count). The van der Waals surface area contributed by atoms with Gasteiger partial charge < -0.3 is 14.6 Å². The number of ether oxygens (including phenoxy) is 1. The lowest BCUT2D eigenvalue weighted by atomic mass is 10.3. The van der Waals surface area contributed by atoms with Gasteiger partial charge in [0, 0.05) is 25.2 Å². The number of carbonyl (C=O) groups excluding carboxylic acids is 1. The second-order valence-electron chi connectivity index (χ2n) is 7.75. The maximum Gasteiger partial charge on any atom is 0.482 e. The van der Waals surface area contributed by atoms with Crippen molar-refractivity contribution < 1.29 is 18.3 Å². The first kappa shape index (κ1) is 23.5. The first-order valence-electron chi connectivity index (χ1n) is 10.9. The Labute approximate surface area is 209 Å². The number of halogens is 2. The number of pyridine rings is 1. The molecule has 0 spiro atoms. The molecule has 11 heteroatoms. The van der Waals surface area contributed by atoms with Gasteiger partial charge in [-0.1, -0.05) is 48.2 Å². The number of hydrogen-bond donors (Lipinski definition) is 1. The number of rotatable bonds is 8. The van der Waals surface area contributed by atoms with Crippen molar-refractivity contribution in [3.63, 3.8) is 0 Å². The van der Waals surface area contributed by atoms with Crippen LogP contribution in [0.5, 0.6) is 5.75 Å². The van der Waals surface area contributed by atoms with Gasteiger partial charge in [0.2, 0.25) is 5.95 Å². The highest BCUT2D eigenvalue weighted by molar-refractivity contribution is 7.98. The predicted octanol–water partition coefficient (Wildman–Crippen LogP) is 5.06. The van der Waals surface area contributed by atoms with Crippen LogP contribution in [0.4, 0.5) is 14.6 Å². The fraction of sp³-hybridized carbons (Fsp3) is 0.120. The fourth-order valence-electron chi connectivity index (χ4n) is 3.51. The Balaban J connectivity index is 1.32. The number of nitrogens with zero attached hydrogens (tertiary/aromatic N) is 5. The van der Waals surface area contributed by atoms with Crippen molar-refractivity contribution >= 4 is 34.5 Å². The molecule has 3 heterocycles. The molecular formula is C25H20F2N6O2S. The minimum absolute atomic E-state index is 0.00737. The van der Waals surface area contributed by atoms with E-state index in [0.29, 0.717) is 22.6 Å². The fourth-order valence-corrected chi connectivity index (χ4v) is 4.42. The molecule has 0 saturated heterocycles. The van der Waals surface area contributed by atoms with Crippen molar-refractivity contribution in [3.05, 3.63) is 90.9 Å². The van der Waals surface area contributed by atoms with Crippen LogP contribution >= 0.6 is 11.8 Å². The average molecular weight is 507 g/mol. The van der Waals surface area contributed by atoms with Crippen molar-refractivity contribution in [2.24, 2.45) is 7.05 Å². The summed E-state index contributed by atoms with van der Waals surface area (Å²) in [5, 5.41) is 2.83. The van der Waals surface area contributed by atoms with Crippen LogP contribution in [-0.4, -0.2) is 36.1 Å². The number of aryl methyl sites for hydroxylation is 1. The highest BCUT2D eigenvalue weighted by atomic mass is 32.2. The van der Waals surface area contributed by atoms with E-state index >= 15 is 0 Å². The number of nitrogens with one attached hydrogen (secondary N) is 1. The highest BCUT2D eigenvalue weighted by Crippen LogP contribution is 2.29. The van der Waals surface area contributed by atoms with Crippen LogP contribution in [0.1, 0.15) is 5.69 Å². The Kier molecular flexibility index (Phi) is 6.38. The zero-order chi connectivity index (χ0) is 25.1. The van der Waals surface area contributed by atoms with Crippen molar-refractivity contribution in [1.82, 2.24) is 24.1 Å². The molecule has 0 bridgehead atoms. The largest absolute Gasteiger partial charge is 0.482 e. The number of imidazole rings is 2. The summed E-state index contributed by atoms with van der Waals surface area (Å²) < 4.78 is 37.0. The molecule has 0 fully saturated rings. The molecule has 182 valence electrons. The van der Waals surface area contributed by atoms with Gasteiger partial charge in [0.15, 0.2) is 5.16 Å². The quantitative estimate of drug-likeness (QED) is 0.296. The molecule has 36 heavy (non-hydrogen) atoms. The molecule has 1 N–H and O–H groups in total. The maximum atomic E-state index is 14.3. The van der Waals surface area contributed by atoms with Gasteiger partial charge in [-0.05, 0) is 36.4 Å². The summed E-state index contributed by atoms with van der Waals surface area (Å²) in [7, 11) is 1.90. The second-order valence-corrected chi connectivity index (χ2v) is 8.69. The molecule has 5 aromatic rings. The van der Waals surface area contributed by atoms with Crippen LogP contribution in [-0.2, 0) is 17.6 Å². The summed E-state index contributed by atoms with van der Waals surface area (Å²) in [6.45, 7) is 0. The Morgan fingerprint density at radius 2 is 1.81 bits per heavy atom. The van der Waals surface area contributed by atoms with E-state index in [1.165, 1.54) is 42.1 Å². The van der Waals surface area contributed by atoms with E-state index in [1.807, 2.05) is 46.6 Å². The number of benzene rings is 2. The molecule has 0 aliphatic rings. The second kappa shape index (κ2) is 9.78. The first-order valence-corrected chi connectivity index (χ1v) is 11.9. The number of anilines is 1. The van der Waals surface area contributed by atoms with Crippen LogP contribution in [0.25, 0.3) is 17.0 Å². The zero-order valence-corrected chi connectivity index (χ0v) is 19.8. The molecule has 0 unspecified atom stereocenters. The van der Waals surface area contributed by atoms with E-state index in [-0.39, 0.29) is 11.6 Å². The monoisotopic (exact) mass is 506 g/mol. The van der Waals surface area contributed by atoms with Crippen molar-refractivity contribution in [3.8, 4) is 11.7 Å². The number of para-hydroxylation sites is 3. The topological polar surface area (TPSA) is 86.9 Å². The van der Waals surface area contributed by atoms with E-state index in [9.17, 15) is 13.6 Å². The molecular weight excluding hydrogens is 486 g/mol. The van der Waals surface area contributed by atoms with Crippen LogP contribution in [0, 0.1) is 0 Å². The number of thioether (sulfide) groups is 1. The van der Waals surface area contributed by atoms with Gasteiger partial charge in [-0.15, -0.1) is 0 Å². The zero-order valence-electron chi connectivity index (χ0n) is 19.0.